The maximum Gasteiger partial charge on any atom is 0.343 e. The van der Waals surface area contributed by atoms with Crippen LogP contribution in [0.4, 0.5) is 5.00 Å². The van der Waals surface area contributed by atoms with Crippen LogP contribution in [-0.4, -0.2) is 4.92 Å². The van der Waals surface area contributed by atoms with Gasteiger partial charge in [-0.25, -0.2) is 0 Å². The number of benzene rings is 1. The molecule has 0 saturated carbocycles. The summed E-state index contributed by atoms with van der Waals surface area (Å²) in [7, 11) is 0. The van der Waals surface area contributed by atoms with Crippen LogP contribution in [0.25, 0.3) is 10.1 Å². The van der Waals surface area contributed by atoms with Gasteiger partial charge in [0.2, 0.25) is 0 Å². The van der Waals surface area contributed by atoms with Crippen molar-refractivity contribution < 1.29 is 4.92 Å². The Morgan fingerprint density at radius 1 is 1.38 bits per heavy atom. The van der Waals surface area contributed by atoms with Crippen LogP contribution in [-0.2, 0) is 0 Å². The number of hydrogen-bond donors (Lipinski definition) is 0. The molecule has 1 aromatic heterocycles. The third-order valence-corrected chi connectivity index (χ3v) is 3.30. The summed E-state index contributed by atoms with van der Waals surface area (Å²) in [4.78, 5) is 10.1. The number of rotatable bonds is 1. The number of hydrogen-bond acceptors (Lipinski definition) is 3. The molecule has 13 heavy (non-hydrogen) atoms. The van der Waals surface area contributed by atoms with Gasteiger partial charge < -0.3 is 0 Å². The minimum Gasteiger partial charge on any atom is -0.257 e. The highest BCUT2D eigenvalue weighted by molar-refractivity contribution is 7.22. The zero-order valence-corrected chi connectivity index (χ0v) is 7.93. The molecule has 5 heteroatoms. The average Bonchev–Trinajstić information content (AvgIpc) is 2.45. The number of thiophene rings is 1. The lowest BCUT2D eigenvalue weighted by molar-refractivity contribution is -0.379. The van der Waals surface area contributed by atoms with Gasteiger partial charge in [0.05, 0.1) is 4.92 Å². The molecule has 0 aliphatic carbocycles. The molecule has 2 aromatic rings. The van der Waals surface area contributed by atoms with E-state index in [-0.39, 0.29) is 10.0 Å². The summed E-state index contributed by atoms with van der Waals surface area (Å²) >= 11 is 6.92. The van der Waals surface area contributed by atoms with Gasteiger partial charge in [-0.15, -0.1) is 0 Å². The van der Waals surface area contributed by atoms with Crippen LogP contribution < -0.4 is 0 Å². The second-order valence-electron chi connectivity index (χ2n) is 2.47. The quantitative estimate of drug-likeness (QED) is 0.538. The number of nitrogens with zero attached hydrogens (tertiary/aromatic N) is 1. The van der Waals surface area contributed by atoms with E-state index in [9.17, 15) is 10.1 Å². The van der Waals surface area contributed by atoms with Gasteiger partial charge in [0.15, 0.2) is 0 Å². The maximum absolute atomic E-state index is 10.5. The number of halogens is 1. The largest absolute Gasteiger partial charge is 0.343 e. The van der Waals surface area contributed by atoms with E-state index in [0.717, 1.165) is 21.4 Å². The van der Waals surface area contributed by atoms with Crippen LogP contribution >= 0.6 is 22.9 Å². The number of nitro groups is 1. The Bertz CT molecular complexity index is 480. The van der Waals surface area contributed by atoms with Crippen molar-refractivity contribution in [2.75, 3.05) is 0 Å². The van der Waals surface area contributed by atoms with E-state index >= 15 is 0 Å². The second-order valence-corrected chi connectivity index (χ2v) is 3.88. The summed E-state index contributed by atoms with van der Waals surface area (Å²) in [5, 5.41) is 11.5. The van der Waals surface area contributed by atoms with Crippen molar-refractivity contribution in [3.8, 4) is 0 Å². The van der Waals surface area contributed by atoms with Crippen LogP contribution in [0.3, 0.4) is 0 Å². The van der Waals surface area contributed by atoms with Gasteiger partial charge in [0.1, 0.15) is 5.02 Å². The molecular formula is C8H4ClNO2S. The molecule has 0 aliphatic heterocycles. The molecule has 0 radical (unpaired) electrons. The van der Waals surface area contributed by atoms with Gasteiger partial charge >= 0.3 is 5.00 Å². The predicted octanol–water partition coefficient (Wildman–Crippen LogP) is 3.46. The maximum atomic E-state index is 10.5. The lowest BCUT2D eigenvalue weighted by Gasteiger charge is -1.85. The van der Waals surface area contributed by atoms with Gasteiger partial charge in [-0.2, -0.15) is 0 Å². The Morgan fingerprint density at radius 2 is 2.08 bits per heavy atom. The molecule has 0 unspecified atom stereocenters. The average molecular weight is 214 g/mol. The summed E-state index contributed by atoms with van der Waals surface area (Å²) < 4.78 is 0.846. The predicted molar refractivity (Wildman–Crippen MR) is 53.5 cm³/mol. The molecule has 66 valence electrons. The first-order valence-corrected chi connectivity index (χ1v) is 4.71. The Kier molecular flexibility index (Phi) is 1.94. The Hall–Kier alpha value is -1.13. The molecule has 0 N–H and O–H groups in total. The van der Waals surface area contributed by atoms with E-state index in [1.165, 1.54) is 0 Å². The Balaban J connectivity index is 2.81. The highest BCUT2D eigenvalue weighted by Crippen LogP contribution is 2.40. The molecule has 0 amide bonds. The Labute approximate surface area is 82.7 Å². The van der Waals surface area contributed by atoms with Gasteiger partial charge in [-0.1, -0.05) is 41.1 Å². The topological polar surface area (TPSA) is 43.1 Å². The van der Waals surface area contributed by atoms with Gasteiger partial charge in [-0.3, -0.25) is 10.1 Å². The van der Waals surface area contributed by atoms with E-state index in [2.05, 4.69) is 0 Å². The summed E-state index contributed by atoms with van der Waals surface area (Å²) in [5.74, 6) is 0. The van der Waals surface area contributed by atoms with Crippen molar-refractivity contribution in [2.45, 2.75) is 0 Å². The van der Waals surface area contributed by atoms with Crippen LogP contribution in [0, 0.1) is 10.1 Å². The second kappa shape index (κ2) is 2.97. The van der Waals surface area contributed by atoms with Crippen molar-refractivity contribution >= 4 is 38.0 Å². The fourth-order valence-electron chi connectivity index (χ4n) is 1.12. The molecule has 0 fully saturated rings. The summed E-state index contributed by atoms with van der Waals surface area (Å²) in [5.41, 5.74) is 0. The molecule has 0 bridgehead atoms. The fourth-order valence-corrected chi connectivity index (χ4v) is 2.43. The highest BCUT2D eigenvalue weighted by atomic mass is 35.5. The van der Waals surface area contributed by atoms with E-state index in [4.69, 9.17) is 11.6 Å². The standard InChI is InChI=1S/C8H4ClNO2S/c9-7-5-3-1-2-4-6(5)13-8(7)10(11)12/h1-4H. The molecule has 1 heterocycles. The third-order valence-electron chi connectivity index (χ3n) is 1.68. The first-order chi connectivity index (χ1) is 6.20. The molecular weight excluding hydrogens is 210 g/mol. The van der Waals surface area contributed by atoms with E-state index in [0.29, 0.717) is 0 Å². The normalized spacial score (nSPS) is 10.5. The zero-order valence-electron chi connectivity index (χ0n) is 6.36. The SMILES string of the molecule is O=[N+]([O-])c1sc2ccccc2c1Cl. The first kappa shape index (κ1) is 8.47. The zero-order chi connectivity index (χ0) is 9.42. The van der Waals surface area contributed by atoms with Crippen molar-refractivity contribution in [1.82, 2.24) is 0 Å². The molecule has 0 atom stereocenters. The van der Waals surface area contributed by atoms with Gasteiger partial charge in [-0.05, 0) is 6.07 Å². The van der Waals surface area contributed by atoms with Crippen LogP contribution in [0.5, 0.6) is 0 Å². The highest BCUT2D eigenvalue weighted by Gasteiger charge is 2.18. The third kappa shape index (κ3) is 1.28. The van der Waals surface area contributed by atoms with E-state index in [1.54, 1.807) is 6.07 Å². The van der Waals surface area contributed by atoms with Gasteiger partial charge in [0.25, 0.3) is 0 Å². The van der Waals surface area contributed by atoms with Crippen molar-refractivity contribution in [3.63, 3.8) is 0 Å². The van der Waals surface area contributed by atoms with E-state index < -0.39 is 4.92 Å². The van der Waals surface area contributed by atoms with Crippen LogP contribution in [0.2, 0.25) is 5.02 Å². The van der Waals surface area contributed by atoms with Crippen molar-refractivity contribution in [2.24, 2.45) is 0 Å². The molecule has 0 aliphatic rings. The van der Waals surface area contributed by atoms with Crippen LogP contribution in [0.15, 0.2) is 24.3 Å². The minimum atomic E-state index is -0.451. The first-order valence-electron chi connectivity index (χ1n) is 3.51. The summed E-state index contributed by atoms with van der Waals surface area (Å²) in [6.07, 6.45) is 0. The fraction of sp³-hybridized carbons (Fsp3) is 0. The summed E-state index contributed by atoms with van der Waals surface area (Å²) in [6.45, 7) is 0. The lowest BCUT2D eigenvalue weighted by atomic mass is 10.3. The monoisotopic (exact) mass is 213 g/mol. The Morgan fingerprint density at radius 3 is 2.69 bits per heavy atom. The number of fused-ring (bicyclic) bond motifs is 1. The molecule has 2 rings (SSSR count). The van der Waals surface area contributed by atoms with Crippen molar-refractivity contribution in [1.29, 1.82) is 0 Å². The summed E-state index contributed by atoms with van der Waals surface area (Å²) in [6, 6.07) is 7.24. The molecule has 0 saturated heterocycles. The van der Waals surface area contributed by atoms with E-state index in [1.807, 2.05) is 18.2 Å². The molecule has 3 nitrogen and oxygen atoms in total. The minimum absolute atomic E-state index is 0.0165. The smallest absolute Gasteiger partial charge is 0.257 e. The van der Waals surface area contributed by atoms with Crippen molar-refractivity contribution in [3.05, 3.63) is 39.4 Å². The lowest BCUT2D eigenvalue weighted by Crippen LogP contribution is -1.82. The van der Waals surface area contributed by atoms with Gasteiger partial charge in [0, 0.05) is 10.1 Å². The molecule has 0 spiro atoms. The molecule has 1 aromatic carbocycles. The van der Waals surface area contributed by atoms with Crippen LogP contribution in [0.1, 0.15) is 0 Å².